The number of carbonyl (C=O) groups excluding carboxylic acids is 2. The summed E-state index contributed by atoms with van der Waals surface area (Å²) < 4.78 is 0. The number of nitrogens with zero attached hydrogens (tertiary/aromatic N) is 2. The Bertz CT molecular complexity index is 910. The van der Waals surface area contributed by atoms with Crippen molar-refractivity contribution in [2.75, 3.05) is 12.4 Å². The standard InChI is InChI=1S/C17H17N3O7S2/c1-8(19-27-6-12(22)23)10-7-29-16-13(15(24)20(16)14(10)17(25)26)18-11(21)5-9-3-2-4-28-9/h2-4,13,16H,5-7H2,1H3,(H,18,21)(H,22,23)(H,25,26)/t13-,16+/m1/s1. The molecule has 0 radical (unpaired) electrons. The van der Waals surface area contributed by atoms with Gasteiger partial charge >= 0.3 is 11.9 Å². The molecule has 0 saturated carbocycles. The SMILES string of the molecule is CC(=NOCC(=O)O)C1=C(C(=O)O)N2C(=O)[C@@H](NC(=O)Cc3cccs3)[C@@H]2SC1. The quantitative estimate of drug-likeness (QED) is 0.302. The molecule has 10 nitrogen and oxygen atoms in total. The molecule has 3 heterocycles. The van der Waals surface area contributed by atoms with E-state index in [0.717, 1.165) is 9.78 Å². The van der Waals surface area contributed by atoms with E-state index in [0.29, 0.717) is 0 Å². The van der Waals surface area contributed by atoms with Crippen LogP contribution in [-0.2, 0) is 30.4 Å². The minimum absolute atomic E-state index is 0.151. The molecule has 2 aliphatic rings. The van der Waals surface area contributed by atoms with Gasteiger partial charge in [-0.05, 0) is 18.4 Å². The van der Waals surface area contributed by atoms with Gasteiger partial charge in [0.15, 0.2) is 0 Å². The van der Waals surface area contributed by atoms with Crippen LogP contribution in [0.25, 0.3) is 0 Å². The summed E-state index contributed by atoms with van der Waals surface area (Å²) in [7, 11) is 0. The Labute approximate surface area is 173 Å². The summed E-state index contributed by atoms with van der Waals surface area (Å²) in [5, 5.41) is 25.8. The van der Waals surface area contributed by atoms with Crippen molar-refractivity contribution in [3.63, 3.8) is 0 Å². The Morgan fingerprint density at radius 3 is 2.76 bits per heavy atom. The van der Waals surface area contributed by atoms with Crippen LogP contribution in [0.4, 0.5) is 0 Å². The minimum Gasteiger partial charge on any atom is -0.479 e. The third kappa shape index (κ3) is 4.43. The highest BCUT2D eigenvalue weighted by Crippen LogP contribution is 2.40. The number of β-lactam (4-membered cyclic amide) rings is 1. The zero-order valence-electron chi connectivity index (χ0n) is 15.2. The van der Waals surface area contributed by atoms with Crippen molar-refractivity contribution in [1.82, 2.24) is 10.2 Å². The van der Waals surface area contributed by atoms with Gasteiger partial charge in [-0.1, -0.05) is 11.2 Å². The molecule has 1 aromatic heterocycles. The summed E-state index contributed by atoms with van der Waals surface area (Å²) in [6.45, 7) is 0.815. The summed E-state index contributed by atoms with van der Waals surface area (Å²) in [5.41, 5.74) is 0.205. The van der Waals surface area contributed by atoms with Crippen LogP contribution < -0.4 is 5.32 Å². The number of thiophene rings is 1. The summed E-state index contributed by atoms with van der Waals surface area (Å²) in [6, 6.07) is 2.85. The van der Waals surface area contributed by atoms with Crippen molar-refractivity contribution in [2.45, 2.75) is 24.8 Å². The highest BCUT2D eigenvalue weighted by molar-refractivity contribution is 8.00. The normalized spacial score (nSPS) is 21.3. The van der Waals surface area contributed by atoms with Crippen LogP contribution in [0, 0.1) is 0 Å². The lowest BCUT2D eigenvalue weighted by atomic mass is 10.0. The number of aliphatic carboxylic acids is 2. The molecule has 0 spiro atoms. The van der Waals surface area contributed by atoms with Crippen molar-refractivity contribution in [1.29, 1.82) is 0 Å². The molecular weight excluding hydrogens is 422 g/mol. The largest absolute Gasteiger partial charge is 0.479 e. The smallest absolute Gasteiger partial charge is 0.353 e. The van der Waals surface area contributed by atoms with E-state index in [1.165, 1.54) is 30.0 Å². The Morgan fingerprint density at radius 2 is 2.14 bits per heavy atom. The van der Waals surface area contributed by atoms with Crippen molar-refractivity contribution in [3.8, 4) is 0 Å². The lowest BCUT2D eigenvalue weighted by Crippen LogP contribution is -2.70. The zero-order chi connectivity index (χ0) is 21.1. The van der Waals surface area contributed by atoms with Gasteiger partial charge in [0.2, 0.25) is 12.5 Å². The van der Waals surface area contributed by atoms with Crippen LogP contribution in [-0.4, -0.2) is 68.4 Å². The number of oxime groups is 1. The predicted molar refractivity (Wildman–Crippen MR) is 104 cm³/mol. The highest BCUT2D eigenvalue weighted by Gasteiger charge is 2.54. The van der Waals surface area contributed by atoms with E-state index in [1.807, 2.05) is 17.5 Å². The van der Waals surface area contributed by atoms with E-state index < -0.39 is 35.9 Å². The van der Waals surface area contributed by atoms with Crippen LogP contribution in [0.3, 0.4) is 0 Å². The van der Waals surface area contributed by atoms with E-state index in [9.17, 15) is 24.3 Å². The number of hydrogen-bond donors (Lipinski definition) is 3. The monoisotopic (exact) mass is 439 g/mol. The molecule has 2 aliphatic heterocycles. The van der Waals surface area contributed by atoms with Gasteiger partial charge in [0.05, 0.1) is 12.1 Å². The number of carboxylic acids is 2. The van der Waals surface area contributed by atoms with Gasteiger partial charge in [-0.15, -0.1) is 23.1 Å². The number of carbonyl (C=O) groups is 4. The van der Waals surface area contributed by atoms with Gasteiger partial charge in [-0.2, -0.15) is 0 Å². The molecule has 154 valence electrons. The predicted octanol–water partition coefficient (Wildman–Crippen LogP) is 0.506. The second-order valence-electron chi connectivity index (χ2n) is 6.19. The molecule has 1 aromatic rings. The van der Waals surface area contributed by atoms with Gasteiger partial charge in [0, 0.05) is 16.2 Å². The lowest BCUT2D eigenvalue weighted by Gasteiger charge is -2.49. The Morgan fingerprint density at radius 1 is 1.38 bits per heavy atom. The fourth-order valence-corrected chi connectivity index (χ4v) is 5.05. The van der Waals surface area contributed by atoms with Gasteiger partial charge < -0.3 is 20.4 Å². The summed E-state index contributed by atoms with van der Waals surface area (Å²) >= 11 is 2.73. The highest BCUT2D eigenvalue weighted by atomic mass is 32.2. The summed E-state index contributed by atoms with van der Waals surface area (Å²) in [4.78, 5) is 53.7. The average molecular weight is 439 g/mol. The van der Waals surface area contributed by atoms with Crippen molar-refractivity contribution in [2.24, 2.45) is 5.16 Å². The maximum atomic E-state index is 12.6. The molecule has 12 heteroatoms. The van der Waals surface area contributed by atoms with Crippen molar-refractivity contribution >= 4 is 52.6 Å². The van der Waals surface area contributed by atoms with Crippen LogP contribution >= 0.6 is 23.1 Å². The van der Waals surface area contributed by atoms with Gasteiger partial charge in [-0.25, -0.2) is 9.59 Å². The van der Waals surface area contributed by atoms with Gasteiger partial charge in [-0.3, -0.25) is 14.5 Å². The van der Waals surface area contributed by atoms with Crippen LogP contribution in [0.5, 0.6) is 0 Å². The first-order valence-electron chi connectivity index (χ1n) is 8.41. The maximum absolute atomic E-state index is 12.6. The van der Waals surface area contributed by atoms with E-state index in [4.69, 9.17) is 5.11 Å². The molecule has 0 unspecified atom stereocenters. The number of fused-ring (bicyclic) bond motifs is 1. The molecule has 2 atom stereocenters. The zero-order valence-corrected chi connectivity index (χ0v) is 16.8. The summed E-state index contributed by atoms with van der Waals surface area (Å²) in [6.07, 6.45) is 0.151. The minimum atomic E-state index is -1.31. The Hall–Kier alpha value is -2.86. The lowest BCUT2D eigenvalue weighted by molar-refractivity contribution is -0.150. The first-order valence-corrected chi connectivity index (χ1v) is 10.3. The van der Waals surface area contributed by atoms with Gasteiger partial charge in [0.25, 0.3) is 5.91 Å². The number of rotatable bonds is 8. The van der Waals surface area contributed by atoms with E-state index >= 15 is 0 Å². The first kappa shape index (κ1) is 20.9. The molecule has 3 N–H and O–H groups in total. The van der Waals surface area contributed by atoms with Crippen molar-refractivity contribution < 1.29 is 34.2 Å². The molecule has 1 fully saturated rings. The number of thioether (sulfide) groups is 1. The summed E-state index contributed by atoms with van der Waals surface area (Å²) in [5.74, 6) is -3.13. The maximum Gasteiger partial charge on any atom is 0.353 e. The second kappa shape index (κ2) is 8.66. The molecule has 0 bridgehead atoms. The number of amides is 2. The Balaban J connectivity index is 1.73. The number of nitrogens with one attached hydrogen (secondary N) is 1. The fraction of sp³-hybridized carbons (Fsp3) is 0.353. The number of carboxylic acid groups (broad SMARTS) is 2. The third-order valence-corrected chi connectivity index (χ3v) is 6.38. The molecule has 1 saturated heterocycles. The fourth-order valence-electron chi connectivity index (χ4n) is 2.93. The van der Waals surface area contributed by atoms with Crippen LogP contribution in [0.2, 0.25) is 0 Å². The Kier molecular flexibility index (Phi) is 6.23. The molecule has 0 aliphatic carbocycles. The van der Waals surface area contributed by atoms with Crippen LogP contribution in [0.15, 0.2) is 33.9 Å². The van der Waals surface area contributed by atoms with E-state index in [2.05, 4.69) is 15.3 Å². The third-order valence-electron chi connectivity index (χ3n) is 4.23. The molecule has 0 aromatic carbocycles. The number of hydrogen-bond acceptors (Lipinski definition) is 8. The van der Waals surface area contributed by atoms with Crippen LogP contribution in [0.1, 0.15) is 11.8 Å². The molecule has 2 amide bonds. The average Bonchev–Trinajstić information content (AvgIpc) is 3.17. The molecule has 29 heavy (non-hydrogen) atoms. The second-order valence-corrected chi connectivity index (χ2v) is 8.32. The molecule has 3 rings (SSSR count). The van der Waals surface area contributed by atoms with Gasteiger partial charge in [0.1, 0.15) is 17.1 Å². The van der Waals surface area contributed by atoms with Crippen molar-refractivity contribution in [3.05, 3.63) is 33.7 Å². The van der Waals surface area contributed by atoms with E-state index in [-0.39, 0.29) is 35.1 Å². The molecular formula is C17H17N3O7S2. The topological polar surface area (TPSA) is 146 Å². The first-order chi connectivity index (χ1) is 13.8. The van der Waals surface area contributed by atoms with E-state index in [1.54, 1.807) is 0 Å².